The molecule has 4 heteroatoms. The first-order valence-electron chi connectivity index (χ1n) is 8.21. The number of carbonyl (C=O) groups is 2. The average Bonchev–Trinajstić information content (AvgIpc) is 2.60. The summed E-state index contributed by atoms with van der Waals surface area (Å²) in [6.07, 6.45) is 1.08. The van der Waals surface area contributed by atoms with Crippen LogP contribution in [-0.2, 0) is 9.59 Å². The summed E-state index contributed by atoms with van der Waals surface area (Å²) in [6, 6.07) is 18.6. The van der Waals surface area contributed by atoms with Crippen LogP contribution in [0.4, 0.5) is 0 Å². The Morgan fingerprint density at radius 3 is 1.96 bits per heavy atom. The van der Waals surface area contributed by atoms with Crippen LogP contribution in [0.1, 0.15) is 49.3 Å². The second-order valence-corrected chi connectivity index (χ2v) is 5.85. The quantitative estimate of drug-likeness (QED) is 0.773. The lowest BCUT2D eigenvalue weighted by Crippen LogP contribution is -2.31. The molecule has 0 aliphatic rings. The van der Waals surface area contributed by atoms with Gasteiger partial charge in [0.1, 0.15) is 0 Å². The Labute approximate surface area is 142 Å². The highest BCUT2D eigenvalue weighted by molar-refractivity contribution is 5.78. The highest BCUT2D eigenvalue weighted by atomic mass is 16.4. The van der Waals surface area contributed by atoms with E-state index < -0.39 is 12.0 Å². The van der Waals surface area contributed by atoms with Crippen LogP contribution in [0.3, 0.4) is 0 Å². The molecule has 0 radical (unpaired) electrons. The molecular weight excluding hydrogens is 302 g/mol. The van der Waals surface area contributed by atoms with E-state index in [1.807, 2.05) is 60.7 Å². The van der Waals surface area contributed by atoms with Gasteiger partial charge in [-0.2, -0.15) is 0 Å². The fourth-order valence-corrected chi connectivity index (χ4v) is 2.81. The fraction of sp³-hybridized carbons (Fsp3) is 0.300. The molecular formula is C20H23NO3. The molecule has 2 aromatic carbocycles. The van der Waals surface area contributed by atoms with Crippen molar-refractivity contribution in [3.8, 4) is 0 Å². The topological polar surface area (TPSA) is 66.4 Å². The summed E-state index contributed by atoms with van der Waals surface area (Å²) in [5.74, 6) is -0.924. The van der Waals surface area contributed by atoms with Gasteiger partial charge in [0.25, 0.3) is 0 Å². The summed E-state index contributed by atoms with van der Waals surface area (Å²) in [5, 5.41) is 12.0. The Hall–Kier alpha value is -2.62. The molecule has 0 aromatic heterocycles. The number of benzene rings is 2. The van der Waals surface area contributed by atoms with Gasteiger partial charge in [-0.05, 0) is 23.5 Å². The minimum absolute atomic E-state index is 0.124. The Kier molecular flexibility index (Phi) is 6.55. The third-order valence-corrected chi connectivity index (χ3v) is 4.11. The largest absolute Gasteiger partial charge is 0.481 e. The minimum Gasteiger partial charge on any atom is -0.481 e. The van der Waals surface area contributed by atoms with Gasteiger partial charge in [-0.15, -0.1) is 0 Å². The van der Waals surface area contributed by atoms with E-state index in [2.05, 4.69) is 12.2 Å². The summed E-state index contributed by atoms with van der Waals surface area (Å²) in [6.45, 7) is 2.05. The lowest BCUT2D eigenvalue weighted by Gasteiger charge is -2.20. The molecule has 0 fully saturated rings. The molecule has 0 saturated heterocycles. The Morgan fingerprint density at radius 1 is 0.917 bits per heavy atom. The maximum Gasteiger partial charge on any atom is 0.305 e. The molecule has 0 bridgehead atoms. The van der Waals surface area contributed by atoms with E-state index >= 15 is 0 Å². The number of carbonyl (C=O) groups excluding carboxylic acids is 1. The van der Waals surface area contributed by atoms with Crippen LogP contribution in [0, 0.1) is 0 Å². The van der Waals surface area contributed by atoms with E-state index in [1.165, 1.54) is 0 Å². The maximum absolute atomic E-state index is 12.4. The zero-order chi connectivity index (χ0) is 17.4. The summed E-state index contributed by atoms with van der Waals surface area (Å²) in [4.78, 5) is 23.6. The Morgan fingerprint density at radius 2 is 1.46 bits per heavy atom. The number of nitrogens with one attached hydrogen (secondary N) is 1. The van der Waals surface area contributed by atoms with Crippen LogP contribution in [0.2, 0.25) is 0 Å². The van der Waals surface area contributed by atoms with Gasteiger partial charge in [-0.1, -0.05) is 67.6 Å². The number of carboxylic acid groups (broad SMARTS) is 1. The van der Waals surface area contributed by atoms with Gasteiger partial charge in [0.2, 0.25) is 5.91 Å². The van der Waals surface area contributed by atoms with E-state index in [-0.39, 0.29) is 18.2 Å². The number of aliphatic carboxylic acids is 1. The van der Waals surface area contributed by atoms with Crippen molar-refractivity contribution in [2.45, 2.75) is 38.1 Å². The zero-order valence-electron chi connectivity index (χ0n) is 13.8. The van der Waals surface area contributed by atoms with Gasteiger partial charge < -0.3 is 10.4 Å². The first-order valence-corrected chi connectivity index (χ1v) is 8.21. The van der Waals surface area contributed by atoms with Crippen LogP contribution >= 0.6 is 0 Å². The second kappa shape index (κ2) is 8.87. The number of hydrogen-bond donors (Lipinski definition) is 2. The lowest BCUT2D eigenvalue weighted by molar-refractivity contribution is -0.137. The van der Waals surface area contributed by atoms with Crippen LogP contribution < -0.4 is 5.32 Å². The van der Waals surface area contributed by atoms with Crippen molar-refractivity contribution in [2.24, 2.45) is 0 Å². The monoisotopic (exact) mass is 325 g/mol. The summed E-state index contributed by atoms with van der Waals surface area (Å²) >= 11 is 0. The smallest absolute Gasteiger partial charge is 0.305 e. The molecule has 2 unspecified atom stereocenters. The van der Waals surface area contributed by atoms with Crippen LogP contribution in [0.15, 0.2) is 60.7 Å². The Balaban J connectivity index is 2.05. The predicted octanol–water partition coefficient (Wildman–Crippen LogP) is 3.90. The molecule has 0 saturated carbocycles. The third kappa shape index (κ3) is 5.23. The standard InChI is InChI=1S/C20H23NO3/c1-2-15(16-9-5-3-6-10-16)13-19(22)21-18(14-20(23)24)17-11-7-4-8-12-17/h3-12,15,18H,2,13-14H2,1H3,(H,21,22)(H,23,24). The molecule has 0 spiro atoms. The third-order valence-electron chi connectivity index (χ3n) is 4.11. The first-order chi connectivity index (χ1) is 11.6. The van der Waals surface area contributed by atoms with Crippen molar-refractivity contribution in [3.63, 3.8) is 0 Å². The van der Waals surface area contributed by atoms with Gasteiger partial charge in [0.15, 0.2) is 0 Å². The van der Waals surface area contributed by atoms with Crippen molar-refractivity contribution < 1.29 is 14.7 Å². The van der Waals surface area contributed by atoms with E-state index in [4.69, 9.17) is 5.11 Å². The van der Waals surface area contributed by atoms with E-state index in [0.29, 0.717) is 6.42 Å². The van der Waals surface area contributed by atoms with Gasteiger partial charge in [-0.25, -0.2) is 0 Å². The van der Waals surface area contributed by atoms with Gasteiger partial charge in [0.05, 0.1) is 12.5 Å². The van der Waals surface area contributed by atoms with Crippen molar-refractivity contribution in [1.29, 1.82) is 0 Å². The zero-order valence-corrected chi connectivity index (χ0v) is 13.8. The summed E-state index contributed by atoms with van der Waals surface area (Å²) < 4.78 is 0. The van der Waals surface area contributed by atoms with Crippen LogP contribution in [0.5, 0.6) is 0 Å². The van der Waals surface area contributed by atoms with Gasteiger partial charge in [0, 0.05) is 6.42 Å². The molecule has 126 valence electrons. The van der Waals surface area contributed by atoms with Crippen molar-refractivity contribution in [1.82, 2.24) is 5.32 Å². The highest BCUT2D eigenvalue weighted by Crippen LogP contribution is 2.24. The summed E-state index contributed by atoms with van der Waals surface area (Å²) in [7, 11) is 0. The second-order valence-electron chi connectivity index (χ2n) is 5.85. The summed E-state index contributed by atoms with van der Waals surface area (Å²) in [5.41, 5.74) is 1.94. The first kappa shape index (κ1) is 17.7. The highest BCUT2D eigenvalue weighted by Gasteiger charge is 2.20. The number of carboxylic acids is 1. The molecule has 2 N–H and O–H groups in total. The molecule has 2 rings (SSSR count). The number of rotatable bonds is 8. The van der Waals surface area contributed by atoms with E-state index in [9.17, 15) is 9.59 Å². The number of hydrogen-bond acceptors (Lipinski definition) is 2. The molecule has 0 aliphatic carbocycles. The molecule has 2 aromatic rings. The minimum atomic E-state index is -0.931. The van der Waals surface area contributed by atoms with Crippen molar-refractivity contribution in [2.75, 3.05) is 0 Å². The number of amides is 1. The van der Waals surface area contributed by atoms with Crippen LogP contribution in [-0.4, -0.2) is 17.0 Å². The molecule has 0 heterocycles. The molecule has 4 nitrogen and oxygen atoms in total. The van der Waals surface area contributed by atoms with Crippen molar-refractivity contribution in [3.05, 3.63) is 71.8 Å². The Bertz CT molecular complexity index is 655. The van der Waals surface area contributed by atoms with Crippen molar-refractivity contribution >= 4 is 11.9 Å². The molecule has 0 aliphatic heterocycles. The van der Waals surface area contributed by atoms with E-state index in [1.54, 1.807) is 0 Å². The maximum atomic E-state index is 12.4. The molecule has 24 heavy (non-hydrogen) atoms. The van der Waals surface area contributed by atoms with E-state index in [0.717, 1.165) is 17.5 Å². The van der Waals surface area contributed by atoms with Gasteiger partial charge in [-0.3, -0.25) is 9.59 Å². The SMILES string of the molecule is CCC(CC(=O)NC(CC(=O)O)c1ccccc1)c1ccccc1. The predicted molar refractivity (Wildman–Crippen MR) is 93.7 cm³/mol. The fourth-order valence-electron chi connectivity index (χ4n) is 2.81. The molecule has 2 atom stereocenters. The molecule has 1 amide bonds. The van der Waals surface area contributed by atoms with Gasteiger partial charge >= 0.3 is 5.97 Å². The normalized spacial score (nSPS) is 13.0. The van der Waals surface area contributed by atoms with Crippen LogP contribution in [0.25, 0.3) is 0 Å². The average molecular weight is 325 g/mol. The lowest BCUT2D eigenvalue weighted by atomic mass is 9.92.